The third kappa shape index (κ3) is 5.35. The molecule has 0 aliphatic heterocycles. The van der Waals surface area contributed by atoms with Gasteiger partial charge in [0.15, 0.2) is 5.75 Å². The predicted molar refractivity (Wildman–Crippen MR) is 98.1 cm³/mol. The molecule has 28 heavy (non-hydrogen) atoms. The lowest BCUT2D eigenvalue weighted by atomic mass is 10.2. The van der Waals surface area contributed by atoms with Crippen molar-refractivity contribution in [1.29, 1.82) is 0 Å². The van der Waals surface area contributed by atoms with Crippen LogP contribution in [0.5, 0.6) is 11.5 Å². The second-order valence-corrected chi connectivity index (χ2v) is 5.94. The minimum Gasteiger partial charge on any atom is -0.493 e. The first-order chi connectivity index (χ1) is 13.1. The minimum absolute atomic E-state index is 0.00881. The number of benzene rings is 2. The maximum atomic E-state index is 12.7. The number of hydrogen-bond donors (Lipinski definition) is 1. The Hall–Kier alpha value is -3.30. The molecule has 2 rings (SSSR count). The summed E-state index contributed by atoms with van der Waals surface area (Å²) < 4.78 is 48.8. The van der Waals surface area contributed by atoms with Gasteiger partial charge in [0.25, 0.3) is 0 Å². The summed E-state index contributed by atoms with van der Waals surface area (Å²) in [5.74, 6) is 0.133. The first kappa shape index (κ1) is 21.0. The van der Waals surface area contributed by atoms with Gasteiger partial charge in [0, 0.05) is 11.6 Å². The Kier molecular flexibility index (Phi) is 6.45. The van der Waals surface area contributed by atoms with Gasteiger partial charge in [0.2, 0.25) is 5.75 Å². The van der Waals surface area contributed by atoms with E-state index in [-0.39, 0.29) is 29.0 Å². The molecular weight excluding hydrogens is 379 g/mol. The van der Waals surface area contributed by atoms with E-state index in [4.69, 9.17) is 9.47 Å². The molecular formula is C18H18F3N3O4. The maximum absolute atomic E-state index is 12.7. The van der Waals surface area contributed by atoms with Gasteiger partial charge in [-0.15, -0.1) is 0 Å². The van der Waals surface area contributed by atoms with Crippen LogP contribution in [0.2, 0.25) is 0 Å². The minimum atomic E-state index is -4.47. The molecule has 10 heteroatoms. The average molecular weight is 397 g/mol. The van der Waals surface area contributed by atoms with Crippen LogP contribution >= 0.6 is 0 Å². The van der Waals surface area contributed by atoms with Crippen molar-refractivity contribution < 1.29 is 27.6 Å². The summed E-state index contributed by atoms with van der Waals surface area (Å²) in [4.78, 5) is 10.7. The maximum Gasteiger partial charge on any atom is 0.416 e. The fraction of sp³-hybridized carbons (Fsp3) is 0.278. The number of rotatable bonds is 7. The number of anilines is 1. The van der Waals surface area contributed by atoms with E-state index < -0.39 is 16.7 Å². The van der Waals surface area contributed by atoms with Crippen LogP contribution in [-0.4, -0.2) is 24.4 Å². The van der Waals surface area contributed by atoms with Gasteiger partial charge in [-0.05, 0) is 38.1 Å². The molecule has 2 aromatic carbocycles. The summed E-state index contributed by atoms with van der Waals surface area (Å²) in [5, 5.41) is 15.2. The van der Waals surface area contributed by atoms with E-state index >= 15 is 0 Å². The molecule has 0 heterocycles. The third-order valence-electron chi connectivity index (χ3n) is 3.42. The smallest absolute Gasteiger partial charge is 0.416 e. The summed E-state index contributed by atoms with van der Waals surface area (Å²) in [7, 11) is 1.34. The van der Waals surface area contributed by atoms with Gasteiger partial charge in [0.05, 0.1) is 35.6 Å². The number of halogens is 3. The summed E-state index contributed by atoms with van der Waals surface area (Å²) in [5.41, 5.74) is 1.76. The molecule has 150 valence electrons. The lowest BCUT2D eigenvalue weighted by Gasteiger charge is -2.14. The highest BCUT2D eigenvalue weighted by molar-refractivity contribution is 5.83. The summed E-state index contributed by atoms with van der Waals surface area (Å²) in [6.45, 7) is 3.44. The zero-order chi connectivity index (χ0) is 20.9. The number of hydrazone groups is 1. The first-order valence-electron chi connectivity index (χ1n) is 8.11. The standard InChI is InChI=1S/C18H18F3N3O4/c1-11(2)28-17-15(24(25)26)7-12(8-16(17)27-3)10-22-23-14-6-4-5-13(9-14)18(19,20)21/h4-11,23H,1-3H3. The molecule has 0 amide bonds. The van der Waals surface area contributed by atoms with Crippen LogP contribution < -0.4 is 14.9 Å². The molecule has 0 fully saturated rings. The SMILES string of the molecule is COc1cc(C=NNc2cccc(C(F)(F)F)c2)cc([N+](=O)[O-])c1OC(C)C. The van der Waals surface area contributed by atoms with Crippen LogP contribution in [0.4, 0.5) is 24.5 Å². The van der Waals surface area contributed by atoms with Crippen LogP contribution in [0.1, 0.15) is 25.0 Å². The van der Waals surface area contributed by atoms with Gasteiger partial charge < -0.3 is 9.47 Å². The van der Waals surface area contributed by atoms with E-state index in [1.54, 1.807) is 13.8 Å². The number of nitro groups is 1. The highest BCUT2D eigenvalue weighted by Gasteiger charge is 2.30. The Balaban J connectivity index is 2.28. The van der Waals surface area contributed by atoms with Crippen molar-refractivity contribution in [1.82, 2.24) is 0 Å². The molecule has 0 saturated carbocycles. The fourth-order valence-electron chi connectivity index (χ4n) is 2.27. The molecule has 0 aliphatic carbocycles. The van der Waals surface area contributed by atoms with Crippen molar-refractivity contribution in [2.24, 2.45) is 5.10 Å². The topological polar surface area (TPSA) is 86.0 Å². The van der Waals surface area contributed by atoms with Crippen LogP contribution in [0.15, 0.2) is 41.5 Å². The summed E-state index contributed by atoms with van der Waals surface area (Å²) in [6.07, 6.45) is -3.55. The molecule has 0 atom stereocenters. The van der Waals surface area contributed by atoms with E-state index in [1.807, 2.05) is 0 Å². The quantitative estimate of drug-likeness (QED) is 0.410. The highest BCUT2D eigenvalue weighted by atomic mass is 19.4. The normalized spacial score (nSPS) is 11.7. The van der Waals surface area contributed by atoms with Gasteiger partial charge in [-0.25, -0.2) is 0 Å². The van der Waals surface area contributed by atoms with Crippen molar-refractivity contribution in [2.75, 3.05) is 12.5 Å². The number of hydrogen-bond acceptors (Lipinski definition) is 6. The van der Waals surface area contributed by atoms with E-state index in [9.17, 15) is 23.3 Å². The number of methoxy groups -OCH3 is 1. The fourth-order valence-corrected chi connectivity index (χ4v) is 2.27. The Labute approximate surface area is 158 Å². The first-order valence-corrected chi connectivity index (χ1v) is 8.11. The molecule has 7 nitrogen and oxygen atoms in total. The highest BCUT2D eigenvalue weighted by Crippen LogP contribution is 2.38. The Morgan fingerprint density at radius 3 is 2.54 bits per heavy atom. The number of nitrogens with zero attached hydrogens (tertiary/aromatic N) is 2. The number of nitrogens with one attached hydrogen (secondary N) is 1. The molecule has 0 unspecified atom stereocenters. The van der Waals surface area contributed by atoms with E-state index in [0.717, 1.165) is 12.1 Å². The molecule has 0 bridgehead atoms. The van der Waals surface area contributed by atoms with E-state index in [0.29, 0.717) is 5.56 Å². The van der Waals surface area contributed by atoms with Crippen LogP contribution in [0.25, 0.3) is 0 Å². The van der Waals surface area contributed by atoms with Gasteiger partial charge in [-0.2, -0.15) is 18.3 Å². The predicted octanol–water partition coefficient (Wildman–Crippen LogP) is 4.86. The van der Waals surface area contributed by atoms with Gasteiger partial charge in [0.1, 0.15) is 0 Å². The number of alkyl halides is 3. The zero-order valence-electron chi connectivity index (χ0n) is 15.3. The average Bonchev–Trinajstić information content (AvgIpc) is 2.61. The second-order valence-electron chi connectivity index (χ2n) is 5.94. The van der Waals surface area contributed by atoms with Crippen LogP contribution in [0.3, 0.4) is 0 Å². The van der Waals surface area contributed by atoms with Crippen molar-refractivity contribution in [2.45, 2.75) is 26.1 Å². The van der Waals surface area contributed by atoms with E-state index in [1.165, 1.54) is 37.6 Å². The molecule has 1 N–H and O–H groups in total. The van der Waals surface area contributed by atoms with E-state index in [2.05, 4.69) is 10.5 Å². The number of ether oxygens (including phenoxy) is 2. The molecule has 0 aliphatic rings. The molecule has 0 spiro atoms. The third-order valence-corrected chi connectivity index (χ3v) is 3.42. The van der Waals surface area contributed by atoms with Crippen molar-refractivity contribution in [3.8, 4) is 11.5 Å². The lowest BCUT2D eigenvalue weighted by molar-refractivity contribution is -0.386. The van der Waals surface area contributed by atoms with Gasteiger partial charge in [-0.3, -0.25) is 15.5 Å². The molecule has 2 aromatic rings. The summed E-state index contributed by atoms with van der Waals surface area (Å²) in [6, 6.07) is 7.21. The molecule has 0 aromatic heterocycles. The Morgan fingerprint density at radius 2 is 1.96 bits per heavy atom. The number of nitro benzene ring substituents is 1. The lowest BCUT2D eigenvalue weighted by Crippen LogP contribution is -2.09. The van der Waals surface area contributed by atoms with Gasteiger partial charge >= 0.3 is 11.9 Å². The molecule has 0 saturated heterocycles. The largest absolute Gasteiger partial charge is 0.493 e. The summed E-state index contributed by atoms with van der Waals surface area (Å²) >= 11 is 0. The van der Waals surface area contributed by atoms with Crippen molar-refractivity contribution in [3.05, 3.63) is 57.6 Å². The Morgan fingerprint density at radius 1 is 1.25 bits per heavy atom. The van der Waals surface area contributed by atoms with Gasteiger partial charge in [-0.1, -0.05) is 6.07 Å². The van der Waals surface area contributed by atoms with Crippen molar-refractivity contribution >= 4 is 17.6 Å². The Bertz CT molecular complexity index is 883. The zero-order valence-corrected chi connectivity index (χ0v) is 15.3. The van der Waals surface area contributed by atoms with Crippen LogP contribution in [0, 0.1) is 10.1 Å². The molecule has 0 radical (unpaired) electrons. The second kappa shape index (κ2) is 8.59. The van der Waals surface area contributed by atoms with Crippen molar-refractivity contribution in [3.63, 3.8) is 0 Å². The monoisotopic (exact) mass is 397 g/mol. The van der Waals surface area contributed by atoms with Crippen LogP contribution in [-0.2, 0) is 6.18 Å².